The van der Waals surface area contributed by atoms with Crippen LogP contribution < -0.4 is 0 Å². The number of phenols is 4. The monoisotopic (exact) mass is 500 g/mol. The van der Waals surface area contributed by atoms with Crippen LogP contribution in [0.4, 0.5) is 0 Å². The van der Waals surface area contributed by atoms with Crippen LogP contribution in [-0.4, -0.2) is 20.4 Å². The molecule has 2 aliphatic carbocycles. The molecule has 0 aromatic heterocycles. The summed E-state index contributed by atoms with van der Waals surface area (Å²) < 4.78 is 0. The molecule has 0 aliphatic heterocycles. The smallest absolute Gasteiger partial charge is 0.166 e. The fraction of sp³-hybridized carbons (Fsp3) is 0.455. The lowest BCUT2D eigenvalue weighted by molar-refractivity contribution is 0.405. The van der Waals surface area contributed by atoms with Crippen molar-refractivity contribution in [2.24, 2.45) is 0 Å². The molecule has 3 aromatic rings. The second-order valence-electron chi connectivity index (χ2n) is 11.4. The topological polar surface area (TPSA) is 80.9 Å². The highest BCUT2D eigenvalue weighted by atomic mass is 16.3. The van der Waals surface area contributed by atoms with E-state index in [1.165, 1.54) is 38.5 Å². The van der Waals surface area contributed by atoms with Crippen molar-refractivity contribution in [3.63, 3.8) is 0 Å². The lowest BCUT2D eigenvalue weighted by atomic mass is 9.80. The highest BCUT2D eigenvalue weighted by molar-refractivity contribution is 5.87. The summed E-state index contributed by atoms with van der Waals surface area (Å²) in [5.74, 6) is 1.00. The summed E-state index contributed by atoms with van der Waals surface area (Å²) >= 11 is 0. The van der Waals surface area contributed by atoms with Gasteiger partial charge < -0.3 is 20.4 Å². The standard InChI is InChI=1S/C33H40O4/c1-19-15-29(34)26(22-10-6-4-7-11-22)17-24(19)28-14-21(3)31(33(37)32(28)36)25-18-27(30(35)16-20(25)2)23-12-8-5-9-13-23/h14-18,22-23,34-37H,4-13H2,1-3H3. The first-order valence-corrected chi connectivity index (χ1v) is 14.0. The van der Waals surface area contributed by atoms with Crippen LogP contribution in [0.25, 0.3) is 22.3 Å². The Morgan fingerprint density at radius 3 is 1.46 bits per heavy atom. The second kappa shape index (κ2) is 10.3. The van der Waals surface area contributed by atoms with Gasteiger partial charge in [0.2, 0.25) is 0 Å². The van der Waals surface area contributed by atoms with Gasteiger partial charge in [0.25, 0.3) is 0 Å². The molecule has 4 heteroatoms. The summed E-state index contributed by atoms with van der Waals surface area (Å²) in [7, 11) is 0. The zero-order chi connectivity index (χ0) is 26.3. The summed E-state index contributed by atoms with van der Waals surface area (Å²) in [6.07, 6.45) is 11.4. The van der Waals surface area contributed by atoms with E-state index in [0.29, 0.717) is 34.5 Å². The number of aromatic hydroxyl groups is 4. The van der Waals surface area contributed by atoms with Gasteiger partial charge in [-0.25, -0.2) is 0 Å². The van der Waals surface area contributed by atoms with Gasteiger partial charge in [-0.2, -0.15) is 0 Å². The summed E-state index contributed by atoms with van der Waals surface area (Å²) in [4.78, 5) is 0. The van der Waals surface area contributed by atoms with Crippen LogP contribution in [0.5, 0.6) is 23.0 Å². The largest absolute Gasteiger partial charge is 0.508 e. The fourth-order valence-corrected chi connectivity index (χ4v) is 6.79. The molecule has 0 amide bonds. The maximum Gasteiger partial charge on any atom is 0.166 e. The van der Waals surface area contributed by atoms with Crippen molar-refractivity contribution in [2.75, 3.05) is 0 Å². The van der Waals surface area contributed by atoms with E-state index in [0.717, 1.165) is 64.6 Å². The van der Waals surface area contributed by atoms with Crippen LogP contribution in [0.3, 0.4) is 0 Å². The van der Waals surface area contributed by atoms with Crippen molar-refractivity contribution in [3.05, 3.63) is 58.1 Å². The van der Waals surface area contributed by atoms with Crippen LogP contribution >= 0.6 is 0 Å². The molecular weight excluding hydrogens is 460 g/mol. The molecule has 0 saturated heterocycles. The molecule has 0 spiro atoms. The molecule has 0 unspecified atom stereocenters. The number of rotatable bonds is 4. The molecule has 0 atom stereocenters. The minimum absolute atomic E-state index is 0.134. The van der Waals surface area contributed by atoms with Crippen LogP contribution in [-0.2, 0) is 0 Å². The summed E-state index contributed by atoms with van der Waals surface area (Å²) in [6, 6.07) is 9.57. The highest BCUT2D eigenvalue weighted by Crippen LogP contribution is 2.50. The van der Waals surface area contributed by atoms with Crippen LogP contribution in [0.1, 0.15) is 104 Å². The average Bonchev–Trinajstić information content (AvgIpc) is 2.89. The Bertz CT molecular complexity index is 1310. The molecule has 3 aromatic carbocycles. The van der Waals surface area contributed by atoms with Crippen molar-refractivity contribution in [2.45, 2.75) is 96.8 Å². The zero-order valence-electron chi connectivity index (χ0n) is 22.4. The molecule has 2 aliphatic rings. The summed E-state index contributed by atoms with van der Waals surface area (Å²) in [5.41, 5.74) is 7.34. The zero-order valence-corrected chi connectivity index (χ0v) is 22.4. The van der Waals surface area contributed by atoms with Crippen molar-refractivity contribution in [3.8, 4) is 45.3 Å². The van der Waals surface area contributed by atoms with E-state index >= 15 is 0 Å². The molecule has 4 N–H and O–H groups in total. The molecule has 0 heterocycles. The van der Waals surface area contributed by atoms with Crippen molar-refractivity contribution >= 4 is 0 Å². The van der Waals surface area contributed by atoms with Gasteiger partial charge in [-0.3, -0.25) is 0 Å². The van der Waals surface area contributed by atoms with Crippen LogP contribution in [0.2, 0.25) is 0 Å². The fourth-order valence-electron chi connectivity index (χ4n) is 6.79. The molecule has 2 saturated carbocycles. The first-order valence-electron chi connectivity index (χ1n) is 14.0. The Labute approximate surface area is 220 Å². The van der Waals surface area contributed by atoms with Crippen molar-refractivity contribution in [1.82, 2.24) is 0 Å². The maximum atomic E-state index is 11.4. The molecule has 5 rings (SSSR count). The third kappa shape index (κ3) is 4.79. The van der Waals surface area contributed by atoms with Crippen LogP contribution in [0, 0.1) is 20.8 Å². The van der Waals surface area contributed by atoms with Gasteiger partial charge in [-0.15, -0.1) is 0 Å². The predicted octanol–water partition coefficient (Wildman–Crippen LogP) is 8.86. The lowest BCUT2D eigenvalue weighted by Gasteiger charge is -2.25. The Morgan fingerprint density at radius 1 is 0.486 bits per heavy atom. The Morgan fingerprint density at radius 2 is 0.946 bits per heavy atom. The molecule has 4 nitrogen and oxygen atoms in total. The maximum absolute atomic E-state index is 11.4. The van der Waals surface area contributed by atoms with E-state index in [1.54, 1.807) is 12.1 Å². The molecule has 37 heavy (non-hydrogen) atoms. The van der Waals surface area contributed by atoms with Gasteiger partial charge in [-0.05, 0) is 128 Å². The Balaban J connectivity index is 1.61. The number of benzene rings is 3. The second-order valence-corrected chi connectivity index (χ2v) is 11.4. The van der Waals surface area contributed by atoms with Crippen molar-refractivity contribution in [1.29, 1.82) is 0 Å². The number of hydrogen-bond acceptors (Lipinski definition) is 4. The Kier molecular flexibility index (Phi) is 7.11. The van der Waals surface area contributed by atoms with Gasteiger partial charge in [0.1, 0.15) is 11.5 Å². The Hall–Kier alpha value is -3.14. The molecule has 196 valence electrons. The number of hydrogen-bond donors (Lipinski definition) is 4. The quantitative estimate of drug-likeness (QED) is 0.270. The van der Waals surface area contributed by atoms with Gasteiger partial charge in [0.15, 0.2) is 11.5 Å². The highest BCUT2D eigenvalue weighted by Gasteiger charge is 2.26. The number of phenolic OH excluding ortho intramolecular Hbond substituents is 4. The third-order valence-electron chi connectivity index (χ3n) is 8.87. The van der Waals surface area contributed by atoms with Crippen molar-refractivity contribution < 1.29 is 20.4 Å². The van der Waals surface area contributed by atoms with Gasteiger partial charge in [0, 0.05) is 11.1 Å². The summed E-state index contributed by atoms with van der Waals surface area (Å²) in [6.45, 7) is 5.83. The lowest BCUT2D eigenvalue weighted by Crippen LogP contribution is -2.06. The predicted molar refractivity (Wildman–Crippen MR) is 150 cm³/mol. The minimum atomic E-state index is -0.143. The molecule has 0 radical (unpaired) electrons. The van der Waals surface area contributed by atoms with Crippen LogP contribution in [0.15, 0.2) is 30.3 Å². The normalized spacial score (nSPS) is 17.3. The van der Waals surface area contributed by atoms with E-state index in [1.807, 2.05) is 39.0 Å². The van der Waals surface area contributed by atoms with E-state index in [2.05, 4.69) is 0 Å². The van der Waals surface area contributed by atoms with E-state index in [-0.39, 0.29) is 11.5 Å². The molecular formula is C33H40O4. The SMILES string of the molecule is Cc1cc(O)c(C2CCCCC2)cc1-c1cc(C)c(-c2cc(C3CCCCC3)c(O)cc2C)c(O)c1O. The molecule has 0 bridgehead atoms. The van der Waals surface area contributed by atoms with Gasteiger partial charge >= 0.3 is 0 Å². The van der Waals surface area contributed by atoms with Gasteiger partial charge in [0.05, 0.1) is 0 Å². The van der Waals surface area contributed by atoms with E-state index < -0.39 is 0 Å². The third-order valence-corrected chi connectivity index (χ3v) is 8.87. The summed E-state index contributed by atoms with van der Waals surface area (Å²) in [5, 5.41) is 44.2. The first kappa shape index (κ1) is 25.5. The molecule has 2 fully saturated rings. The first-order chi connectivity index (χ1) is 17.8. The van der Waals surface area contributed by atoms with E-state index in [4.69, 9.17) is 0 Å². The average molecular weight is 501 g/mol. The minimum Gasteiger partial charge on any atom is -0.508 e. The van der Waals surface area contributed by atoms with Gasteiger partial charge in [-0.1, -0.05) is 38.5 Å². The van der Waals surface area contributed by atoms with E-state index in [9.17, 15) is 20.4 Å². The number of aryl methyl sites for hydroxylation is 3.